The summed E-state index contributed by atoms with van der Waals surface area (Å²) in [7, 11) is 4.38. The summed E-state index contributed by atoms with van der Waals surface area (Å²) >= 11 is 0. The molecule has 0 aliphatic carbocycles. The van der Waals surface area contributed by atoms with E-state index in [1.165, 1.54) is 27.4 Å². The topological polar surface area (TPSA) is 66.0 Å². The Hall–Kier alpha value is -3.10. The molecule has 0 heterocycles. The molecular formula is C21H24F3NO5. The summed E-state index contributed by atoms with van der Waals surface area (Å²) in [5.74, 6) is 1.00. The first-order valence-electron chi connectivity index (χ1n) is 9.05. The maximum atomic E-state index is 12.4. The summed E-state index contributed by atoms with van der Waals surface area (Å²) < 4.78 is 57.3. The van der Waals surface area contributed by atoms with Crippen molar-refractivity contribution >= 4 is 11.6 Å². The second kappa shape index (κ2) is 10.1. The second-order valence-electron chi connectivity index (χ2n) is 6.46. The Labute approximate surface area is 172 Å². The van der Waals surface area contributed by atoms with E-state index in [2.05, 4.69) is 5.32 Å². The third-order valence-corrected chi connectivity index (χ3v) is 4.26. The van der Waals surface area contributed by atoms with Crippen molar-refractivity contribution in [3.63, 3.8) is 0 Å². The van der Waals surface area contributed by atoms with E-state index in [0.29, 0.717) is 23.6 Å². The molecule has 0 unspecified atom stereocenters. The SMILES string of the molecule is COc1cc(C)c(NC(=O)CCc2ccc(OCC(F)(F)F)c(OC)c2)cc1OC. The molecule has 0 aromatic heterocycles. The predicted molar refractivity (Wildman–Crippen MR) is 106 cm³/mol. The van der Waals surface area contributed by atoms with Gasteiger partial charge in [-0.2, -0.15) is 13.2 Å². The fourth-order valence-corrected chi connectivity index (χ4v) is 2.73. The number of ether oxygens (including phenoxy) is 4. The van der Waals surface area contributed by atoms with Gasteiger partial charge in [-0.15, -0.1) is 0 Å². The molecule has 9 heteroatoms. The molecule has 0 saturated carbocycles. The highest BCUT2D eigenvalue weighted by Crippen LogP contribution is 2.33. The number of hydrogen-bond acceptors (Lipinski definition) is 5. The van der Waals surface area contributed by atoms with Crippen molar-refractivity contribution < 1.29 is 36.9 Å². The summed E-state index contributed by atoms with van der Waals surface area (Å²) in [5.41, 5.74) is 2.14. The first-order valence-corrected chi connectivity index (χ1v) is 9.05. The third-order valence-electron chi connectivity index (χ3n) is 4.26. The number of nitrogens with one attached hydrogen (secondary N) is 1. The fourth-order valence-electron chi connectivity index (χ4n) is 2.73. The van der Waals surface area contributed by atoms with Gasteiger partial charge >= 0.3 is 6.18 Å². The van der Waals surface area contributed by atoms with E-state index in [1.807, 2.05) is 6.92 Å². The molecule has 0 aliphatic heterocycles. The van der Waals surface area contributed by atoms with Gasteiger partial charge in [-0.25, -0.2) is 0 Å². The molecule has 2 aromatic rings. The van der Waals surface area contributed by atoms with E-state index in [0.717, 1.165) is 11.1 Å². The number of amides is 1. The number of anilines is 1. The molecule has 164 valence electrons. The lowest BCUT2D eigenvalue weighted by Gasteiger charge is -2.14. The number of alkyl halides is 3. The van der Waals surface area contributed by atoms with E-state index >= 15 is 0 Å². The van der Waals surface area contributed by atoms with Gasteiger partial charge in [0, 0.05) is 18.2 Å². The van der Waals surface area contributed by atoms with Crippen LogP contribution in [0.25, 0.3) is 0 Å². The maximum absolute atomic E-state index is 12.4. The Balaban J connectivity index is 2.01. The van der Waals surface area contributed by atoms with Crippen LogP contribution in [0.5, 0.6) is 23.0 Å². The van der Waals surface area contributed by atoms with Gasteiger partial charge in [0.05, 0.1) is 21.3 Å². The average molecular weight is 427 g/mol. The Morgan fingerprint density at radius 1 is 0.933 bits per heavy atom. The van der Waals surface area contributed by atoms with Crippen LogP contribution >= 0.6 is 0 Å². The molecule has 0 fully saturated rings. The molecule has 0 atom stereocenters. The first-order chi connectivity index (χ1) is 14.2. The third kappa shape index (κ3) is 6.47. The monoisotopic (exact) mass is 427 g/mol. The first kappa shape index (κ1) is 23.2. The minimum atomic E-state index is -4.44. The number of methoxy groups -OCH3 is 3. The van der Waals surface area contributed by atoms with Crippen molar-refractivity contribution in [3.05, 3.63) is 41.5 Å². The van der Waals surface area contributed by atoms with Gasteiger partial charge in [-0.1, -0.05) is 6.07 Å². The molecule has 2 rings (SSSR count). The summed E-state index contributed by atoms with van der Waals surface area (Å²) in [6.45, 7) is 0.428. The zero-order valence-corrected chi connectivity index (χ0v) is 17.2. The molecule has 1 amide bonds. The standard InChI is InChI=1S/C21H24F3NO5/c1-13-9-17(27-2)19(29-4)11-15(13)25-20(26)8-6-14-5-7-16(18(10-14)28-3)30-12-21(22,23)24/h5,7,9-11H,6,8,12H2,1-4H3,(H,25,26). The lowest BCUT2D eigenvalue weighted by molar-refractivity contribution is -0.153. The van der Waals surface area contributed by atoms with Crippen molar-refractivity contribution in [2.24, 2.45) is 0 Å². The molecule has 2 aromatic carbocycles. The molecule has 6 nitrogen and oxygen atoms in total. The minimum Gasteiger partial charge on any atom is -0.493 e. The lowest BCUT2D eigenvalue weighted by Crippen LogP contribution is -2.19. The van der Waals surface area contributed by atoms with Crippen LogP contribution < -0.4 is 24.3 Å². The number of hydrogen-bond donors (Lipinski definition) is 1. The van der Waals surface area contributed by atoms with Crippen molar-refractivity contribution in [2.45, 2.75) is 25.9 Å². The largest absolute Gasteiger partial charge is 0.493 e. The summed E-state index contributed by atoms with van der Waals surface area (Å²) in [4.78, 5) is 12.4. The lowest BCUT2D eigenvalue weighted by atomic mass is 10.1. The Bertz CT molecular complexity index is 884. The summed E-state index contributed by atoms with van der Waals surface area (Å²) in [6, 6.07) is 8.00. The highest BCUT2D eigenvalue weighted by molar-refractivity contribution is 5.92. The smallest absolute Gasteiger partial charge is 0.422 e. The Kier molecular flexibility index (Phi) is 7.79. The van der Waals surface area contributed by atoms with Gasteiger partial charge in [-0.3, -0.25) is 4.79 Å². The summed E-state index contributed by atoms with van der Waals surface area (Å²) in [6.07, 6.45) is -3.90. The van der Waals surface area contributed by atoms with Gasteiger partial charge in [0.25, 0.3) is 0 Å². The van der Waals surface area contributed by atoms with Crippen molar-refractivity contribution in [1.29, 1.82) is 0 Å². The van der Waals surface area contributed by atoms with Crippen LogP contribution in [0, 0.1) is 6.92 Å². The normalized spacial score (nSPS) is 11.0. The highest BCUT2D eigenvalue weighted by atomic mass is 19.4. The second-order valence-corrected chi connectivity index (χ2v) is 6.46. The Morgan fingerprint density at radius 2 is 1.53 bits per heavy atom. The van der Waals surface area contributed by atoms with Gasteiger partial charge in [0.2, 0.25) is 5.91 Å². The van der Waals surface area contributed by atoms with Crippen LogP contribution in [-0.4, -0.2) is 40.0 Å². The number of carbonyl (C=O) groups is 1. The van der Waals surface area contributed by atoms with E-state index in [-0.39, 0.29) is 23.8 Å². The van der Waals surface area contributed by atoms with Crippen LogP contribution in [-0.2, 0) is 11.2 Å². The minimum absolute atomic E-state index is 0.0102. The van der Waals surface area contributed by atoms with Crippen LogP contribution in [0.15, 0.2) is 30.3 Å². The van der Waals surface area contributed by atoms with Gasteiger partial charge in [0.1, 0.15) is 0 Å². The number of rotatable bonds is 9. The number of aryl methyl sites for hydroxylation is 2. The Morgan fingerprint density at radius 3 is 2.13 bits per heavy atom. The molecule has 0 aliphatic rings. The van der Waals surface area contributed by atoms with E-state index < -0.39 is 12.8 Å². The van der Waals surface area contributed by atoms with Crippen LogP contribution in [0.4, 0.5) is 18.9 Å². The quantitative estimate of drug-likeness (QED) is 0.637. The van der Waals surface area contributed by atoms with Gasteiger partial charge in [-0.05, 0) is 42.7 Å². The van der Waals surface area contributed by atoms with E-state index in [9.17, 15) is 18.0 Å². The maximum Gasteiger partial charge on any atom is 0.422 e. The molecule has 0 spiro atoms. The molecule has 0 saturated heterocycles. The zero-order valence-electron chi connectivity index (χ0n) is 17.2. The molecule has 30 heavy (non-hydrogen) atoms. The summed E-state index contributed by atoms with van der Waals surface area (Å²) in [5, 5.41) is 2.83. The number of halogens is 3. The average Bonchev–Trinajstić information content (AvgIpc) is 2.71. The van der Waals surface area contributed by atoms with E-state index in [4.69, 9.17) is 18.9 Å². The van der Waals surface area contributed by atoms with Crippen molar-refractivity contribution in [2.75, 3.05) is 33.3 Å². The van der Waals surface area contributed by atoms with E-state index in [1.54, 1.807) is 24.3 Å². The number of carbonyl (C=O) groups excluding carboxylic acids is 1. The highest BCUT2D eigenvalue weighted by Gasteiger charge is 2.29. The van der Waals surface area contributed by atoms with Crippen molar-refractivity contribution in [1.82, 2.24) is 0 Å². The van der Waals surface area contributed by atoms with Gasteiger partial charge < -0.3 is 24.3 Å². The molecular weight excluding hydrogens is 403 g/mol. The zero-order chi connectivity index (χ0) is 22.3. The van der Waals surface area contributed by atoms with Crippen LogP contribution in [0.1, 0.15) is 17.5 Å². The van der Waals surface area contributed by atoms with Crippen molar-refractivity contribution in [3.8, 4) is 23.0 Å². The molecule has 0 bridgehead atoms. The molecule has 1 N–H and O–H groups in total. The number of benzene rings is 2. The predicted octanol–water partition coefficient (Wildman–Crippen LogP) is 4.53. The fraction of sp³-hybridized carbons (Fsp3) is 0.381. The van der Waals surface area contributed by atoms with Crippen LogP contribution in [0.2, 0.25) is 0 Å². The van der Waals surface area contributed by atoms with Crippen LogP contribution in [0.3, 0.4) is 0 Å². The molecule has 0 radical (unpaired) electrons. The van der Waals surface area contributed by atoms with Gasteiger partial charge in [0.15, 0.2) is 29.6 Å².